The zero-order valence-electron chi connectivity index (χ0n) is 16.1. The van der Waals surface area contributed by atoms with Gasteiger partial charge in [-0.1, -0.05) is 40.7 Å². The van der Waals surface area contributed by atoms with Gasteiger partial charge in [0.25, 0.3) is 5.56 Å². The lowest BCUT2D eigenvalue weighted by atomic mass is 10.2. The van der Waals surface area contributed by atoms with Crippen molar-refractivity contribution in [2.75, 3.05) is 0 Å². The van der Waals surface area contributed by atoms with Gasteiger partial charge in [0.2, 0.25) is 11.7 Å². The van der Waals surface area contributed by atoms with Crippen molar-refractivity contribution in [2.45, 2.75) is 17.5 Å². The molecule has 0 bridgehead atoms. The summed E-state index contributed by atoms with van der Waals surface area (Å²) in [6, 6.07) is 18.1. The summed E-state index contributed by atoms with van der Waals surface area (Å²) in [5, 5.41) is 5.78. The quantitative estimate of drug-likeness (QED) is 0.264. The van der Waals surface area contributed by atoms with Gasteiger partial charge >= 0.3 is 0 Å². The predicted molar refractivity (Wildman–Crippen MR) is 118 cm³/mol. The van der Waals surface area contributed by atoms with Gasteiger partial charge in [0, 0.05) is 10.6 Å². The van der Waals surface area contributed by atoms with E-state index in [0.29, 0.717) is 44.3 Å². The second-order valence-electron chi connectivity index (χ2n) is 6.69. The standard InChI is InChI=1S/C22H15ClN4O3S/c23-15-9-7-14(8-10-15)20-25-19(30-26-20)13-31-22-24-18-6-2-1-5-17(18)21(28)27(22)12-16-4-3-11-29-16/h1-11H,12-13H2. The molecule has 0 aliphatic heterocycles. The van der Waals surface area contributed by atoms with E-state index in [2.05, 4.69) is 15.1 Å². The number of nitrogens with zero attached hydrogens (tertiary/aromatic N) is 4. The summed E-state index contributed by atoms with van der Waals surface area (Å²) in [5.74, 6) is 1.95. The number of rotatable bonds is 6. The van der Waals surface area contributed by atoms with E-state index < -0.39 is 0 Å². The molecule has 0 unspecified atom stereocenters. The highest BCUT2D eigenvalue weighted by molar-refractivity contribution is 7.98. The van der Waals surface area contributed by atoms with E-state index in [1.54, 1.807) is 35.1 Å². The highest BCUT2D eigenvalue weighted by atomic mass is 35.5. The molecule has 0 N–H and O–H groups in total. The molecule has 0 amide bonds. The first-order valence-corrected chi connectivity index (χ1v) is 10.8. The molecule has 0 radical (unpaired) electrons. The zero-order valence-corrected chi connectivity index (χ0v) is 17.6. The summed E-state index contributed by atoms with van der Waals surface area (Å²) in [4.78, 5) is 22.2. The van der Waals surface area contributed by atoms with E-state index in [1.807, 2.05) is 36.4 Å². The second-order valence-corrected chi connectivity index (χ2v) is 8.07. The van der Waals surface area contributed by atoms with Crippen LogP contribution in [0.1, 0.15) is 11.7 Å². The Morgan fingerprint density at radius 2 is 1.84 bits per heavy atom. The first kappa shape index (κ1) is 19.6. The molecule has 2 aromatic carbocycles. The van der Waals surface area contributed by atoms with Gasteiger partial charge in [0.15, 0.2) is 5.16 Å². The van der Waals surface area contributed by atoms with Crippen LogP contribution in [0.3, 0.4) is 0 Å². The Bertz CT molecular complexity index is 1390. The van der Waals surface area contributed by atoms with Crippen LogP contribution >= 0.6 is 23.4 Å². The number of halogens is 1. The van der Waals surface area contributed by atoms with Crippen molar-refractivity contribution in [3.8, 4) is 11.4 Å². The fourth-order valence-corrected chi connectivity index (χ4v) is 4.07. The number of thioether (sulfide) groups is 1. The number of fused-ring (bicyclic) bond motifs is 1. The summed E-state index contributed by atoms with van der Waals surface area (Å²) in [5.41, 5.74) is 1.32. The molecular formula is C22H15ClN4O3S. The minimum absolute atomic E-state index is 0.128. The van der Waals surface area contributed by atoms with Crippen LogP contribution in [0.4, 0.5) is 0 Å². The molecule has 5 rings (SSSR count). The molecule has 0 spiro atoms. The van der Waals surface area contributed by atoms with Gasteiger partial charge in [-0.15, -0.1) is 0 Å². The molecule has 3 heterocycles. The van der Waals surface area contributed by atoms with Crippen LogP contribution in [-0.4, -0.2) is 19.7 Å². The Hall–Kier alpha value is -3.36. The lowest BCUT2D eigenvalue weighted by molar-refractivity contribution is 0.391. The first-order valence-electron chi connectivity index (χ1n) is 9.41. The topological polar surface area (TPSA) is 87.0 Å². The van der Waals surface area contributed by atoms with Gasteiger partial charge in [-0.2, -0.15) is 4.98 Å². The average molecular weight is 451 g/mol. The van der Waals surface area contributed by atoms with Gasteiger partial charge in [0.1, 0.15) is 5.76 Å². The number of furan rings is 1. The van der Waals surface area contributed by atoms with E-state index in [4.69, 9.17) is 20.5 Å². The molecule has 154 valence electrons. The van der Waals surface area contributed by atoms with Crippen LogP contribution in [0.2, 0.25) is 5.02 Å². The number of aromatic nitrogens is 4. The molecule has 31 heavy (non-hydrogen) atoms. The third-order valence-corrected chi connectivity index (χ3v) is 5.83. The van der Waals surface area contributed by atoms with Crippen molar-refractivity contribution >= 4 is 34.3 Å². The average Bonchev–Trinajstić information content (AvgIpc) is 3.47. The molecule has 0 fully saturated rings. The van der Waals surface area contributed by atoms with Crippen LogP contribution in [-0.2, 0) is 12.3 Å². The van der Waals surface area contributed by atoms with Crippen LogP contribution in [0, 0.1) is 0 Å². The number of benzene rings is 2. The van der Waals surface area contributed by atoms with Gasteiger partial charge < -0.3 is 8.94 Å². The normalized spacial score (nSPS) is 11.3. The second kappa shape index (κ2) is 8.41. The van der Waals surface area contributed by atoms with Crippen molar-refractivity contribution in [3.63, 3.8) is 0 Å². The number of hydrogen-bond acceptors (Lipinski definition) is 7. The molecule has 0 saturated heterocycles. The van der Waals surface area contributed by atoms with E-state index in [0.717, 1.165) is 5.56 Å². The summed E-state index contributed by atoms with van der Waals surface area (Å²) < 4.78 is 12.4. The molecule has 0 aliphatic carbocycles. The zero-order chi connectivity index (χ0) is 21.2. The van der Waals surface area contributed by atoms with E-state index in [1.165, 1.54) is 11.8 Å². The Labute approximate surface area is 185 Å². The van der Waals surface area contributed by atoms with Crippen molar-refractivity contribution in [1.82, 2.24) is 19.7 Å². The van der Waals surface area contributed by atoms with Crippen molar-refractivity contribution in [1.29, 1.82) is 0 Å². The number of para-hydroxylation sites is 1. The minimum Gasteiger partial charge on any atom is -0.467 e. The van der Waals surface area contributed by atoms with Gasteiger partial charge in [-0.3, -0.25) is 9.36 Å². The SMILES string of the molecule is O=c1c2ccccc2nc(SCc2nc(-c3ccc(Cl)cc3)no2)n1Cc1ccco1. The van der Waals surface area contributed by atoms with Crippen LogP contribution in [0.25, 0.3) is 22.3 Å². The van der Waals surface area contributed by atoms with Crippen molar-refractivity contribution in [2.24, 2.45) is 0 Å². The summed E-state index contributed by atoms with van der Waals surface area (Å²) in [6.07, 6.45) is 1.58. The first-order chi connectivity index (χ1) is 15.2. The smallest absolute Gasteiger partial charge is 0.262 e. The van der Waals surface area contributed by atoms with E-state index >= 15 is 0 Å². The minimum atomic E-state index is -0.128. The molecule has 0 atom stereocenters. The fourth-order valence-electron chi connectivity index (χ4n) is 3.11. The lowest BCUT2D eigenvalue weighted by Gasteiger charge is -2.11. The maximum Gasteiger partial charge on any atom is 0.262 e. The largest absolute Gasteiger partial charge is 0.467 e. The van der Waals surface area contributed by atoms with Crippen LogP contribution < -0.4 is 5.56 Å². The van der Waals surface area contributed by atoms with E-state index in [-0.39, 0.29) is 12.1 Å². The maximum atomic E-state index is 13.1. The predicted octanol–water partition coefficient (Wildman–Crippen LogP) is 5.03. The Morgan fingerprint density at radius 3 is 2.65 bits per heavy atom. The molecular weight excluding hydrogens is 436 g/mol. The molecule has 5 aromatic rings. The molecule has 7 nitrogen and oxygen atoms in total. The van der Waals surface area contributed by atoms with Gasteiger partial charge in [-0.25, -0.2) is 4.98 Å². The monoisotopic (exact) mass is 450 g/mol. The molecule has 0 aliphatic rings. The van der Waals surface area contributed by atoms with Crippen molar-refractivity contribution < 1.29 is 8.94 Å². The van der Waals surface area contributed by atoms with E-state index in [9.17, 15) is 4.79 Å². The molecule has 0 saturated carbocycles. The molecule has 3 aromatic heterocycles. The molecule has 9 heteroatoms. The Kier molecular flexibility index (Phi) is 5.31. The third kappa shape index (κ3) is 4.12. The summed E-state index contributed by atoms with van der Waals surface area (Å²) in [7, 11) is 0. The van der Waals surface area contributed by atoms with Crippen LogP contribution in [0.15, 0.2) is 85.8 Å². The van der Waals surface area contributed by atoms with Gasteiger partial charge in [-0.05, 0) is 48.5 Å². The highest BCUT2D eigenvalue weighted by Crippen LogP contribution is 2.24. The summed E-state index contributed by atoms with van der Waals surface area (Å²) in [6.45, 7) is 0.284. The Morgan fingerprint density at radius 1 is 1.00 bits per heavy atom. The lowest BCUT2D eigenvalue weighted by Crippen LogP contribution is -2.23. The highest BCUT2D eigenvalue weighted by Gasteiger charge is 2.15. The third-order valence-electron chi connectivity index (χ3n) is 4.62. The summed E-state index contributed by atoms with van der Waals surface area (Å²) >= 11 is 7.29. The van der Waals surface area contributed by atoms with Crippen molar-refractivity contribution in [3.05, 3.63) is 94.0 Å². The maximum absolute atomic E-state index is 13.1. The fraction of sp³-hybridized carbons (Fsp3) is 0.0909. The Balaban J connectivity index is 1.44. The van der Waals surface area contributed by atoms with Gasteiger partial charge in [0.05, 0.1) is 29.5 Å². The van der Waals surface area contributed by atoms with Crippen LogP contribution in [0.5, 0.6) is 0 Å². The number of hydrogen-bond donors (Lipinski definition) is 0.